The Hall–Kier alpha value is -0.840. The molecule has 2 heterocycles. The number of aromatic nitrogens is 1. The van der Waals surface area contributed by atoms with Gasteiger partial charge in [-0.25, -0.2) is 4.98 Å². The predicted octanol–water partition coefficient (Wildman–Crippen LogP) is 3.91. The fourth-order valence-electron chi connectivity index (χ4n) is 1.59. The second kappa shape index (κ2) is 5.87. The lowest BCUT2D eigenvalue weighted by Gasteiger charge is -2.05. The van der Waals surface area contributed by atoms with E-state index < -0.39 is 0 Å². The standard InChI is InChI=1S/C13H17ClN2OS/c1-8(2)15-5-4-11-16-6-10(17-11)13-12(14)9(3)7-18-13/h6-8,15H,4-5H2,1-3H3. The van der Waals surface area contributed by atoms with Gasteiger partial charge in [-0.1, -0.05) is 25.4 Å². The molecule has 2 aromatic heterocycles. The number of oxazole rings is 1. The number of nitrogens with one attached hydrogen (secondary N) is 1. The van der Waals surface area contributed by atoms with Crippen molar-refractivity contribution < 1.29 is 4.42 Å². The van der Waals surface area contributed by atoms with Crippen LogP contribution in [0.2, 0.25) is 5.02 Å². The van der Waals surface area contributed by atoms with Crippen LogP contribution in [0.3, 0.4) is 0 Å². The summed E-state index contributed by atoms with van der Waals surface area (Å²) in [6.45, 7) is 7.10. The highest BCUT2D eigenvalue weighted by molar-refractivity contribution is 7.14. The van der Waals surface area contributed by atoms with E-state index in [0.717, 1.165) is 40.1 Å². The molecule has 0 spiro atoms. The number of aryl methyl sites for hydroxylation is 1. The van der Waals surface area contributed by atoms with Crippen LogP contribution >= 0.6 is 22.9 Å². The highest BCUT2D eigenvalue weighted by Gasteiger charge is 2.13. The summed E-state index contributed by atoms with van der Waals surface area (Å²) >= 11 is 7.80. The molecule has 0 unspecified atom stereocenters. The van der Waals surface area contributed by atoms with Gasteiger partial charge in [-0.3, -0.25) is 0 Å². The number of hydrogen-bond donors (Lipinski definition) is 1. The van der Waals surface area contributed by atoms with Gasteiger partial charge >= 0.3 is 0 Å². The number of hydrogen-bond acceptors (Lipinski definition) is 4. The first-order valence-corrected chi connectivity index (χ1v) is 7.25. The van der Waals surface area contributed by atoms with Crippen LogP contribution in [0.25, 0.3) is 10.6 Å². The Bertz CT molecular complexity index is 519. The molecule has 0 aliphatic carbocycles. The zero-order valence-electron chi connectivity index (χ0n) is 10.8. The molecule has 2 rings (SSSR count). The van der Waals surface area contributed by atoms with Gasteiger partial charge in [0.05, 0.1) is 16.1 Å². The van der Waals surface area contributed by atoms with Gasteiger partial charge in [-0.2, -0.15) is 0 Å². The second-order valence-electron chi connectivity index (χ2n) is 4.54. The maximum absolute atomic E-state index is 6.21. The average Bonchev–Trinajstić information content (AvgIpc) is 2.88. The Morgan fingerprint density at radius 3 is 2.89 bits per heavy atom. The van der Waals surface area contributed by atoms with Crippen LogP contribution in [0.5, 0.6) is 0 Å². The number of halogens is 1. The third-order valence-electron chi connectivity index (χ3n) is 2.57. The zero-order chi connectivity index (χ0) is 13.1. The van der Waals surface area contributed by atoms with Crippen LogP contribution in [-0.2, 0) is 6.42 Å². The molecular formula is C13H17ClN2OS. The van der Waals surface area contributed by atoms with Crippen LogP contribution < -0.4 is 5.32 Å². The SMILES string of the molecule is Cc1csc(-c2cnc(CCNC(C)C)o2)c1Cl. The molecule has 2 aromatic rings. The number of rotatable bonds is 5. The Balaban J connectivity index is 2.04. The second-order valence-corrected chi connectivity index (χ2v) is 5.80. The third kappa shape index (κ3) is 3.13. The van der Waals surface area contributed by atoms with Crippen molar-refractivity contribution in [1.29, 1.82) is 0 Å². The molecule has 0 aromatic carbocycles. The minimum Gasteiger partial charge on any atom is -0.440 e. The van der Waals surface area contributed by atoms with E-state index in [9.17, 15) is 0 Å². The summed E-state index contributed by atoms with van der Waals surface area (Å²) in [5, 5.41) is 6.13. The molecule has 0 atom stereocenters. The van der Waals surface area contributed by atoms with Crippen molar-refractivity contribution in [2.24, 2.45) is 0 Å². The molecule has 98 valence electrons. The third-order valence-corrected chi connectivity index (χ3v) is 4.28. The van der Waals surface area contributed by atoms with Crippen molar-refractivity contribution in [3.8, 4) is 10.6 Å². The highest BCUT2D eigenvalue weighted by atomic mass is 35.5. The monoisotopic (exact) mass is 284 g/mol. The summed E-state index contributed by atoms with van der Waals surface area (Å²) in [5.74, 6) is 1.51. The summed E-state index contributed by atoms with van der Waals surface area (Å²) in [6, 6.07) is 0.480. The number of thiophene rings is 1. The number of nitrogens with zero attached hydrogens (tertiary/aromatic N) is 1. The average molecular weight is 285 g/mol. The summed E-state index contributed by atoms with van der Waals surface area (Å²) < 4.78 is 5.72. The van der Waals surface area contributed by atoms with E-state index in [1.165, 1.54) is 0 Å². The first-order valence-electron chi connectivity index (χ1n) is 6.00. The van der Waals surface area contributed by atoms with Crippen molar-refractivity contribution in [2.45, 2.75) is 33.2 Å². The molecular weight excluding hydrogens is 268 g/mol. The van der Waals surface area contributed by atoms with Crippen molar-refractivity contribution in [2.75, 3.05) is 6.54 Å². The highest BCUT2D eigenvalue weighted by Crippen LogP contribution is 2.36. The minimum atomic E-state index is 0.480. The van der Waals surface area contributed by atoms with Crippen LogP contribution in [0, 0.1) is 6.92 Å². The van der Waals surface area contributed by atoms with Crippen molar-refractivity contribution in [3.63, 3.8) is 0 Å². The molecule has 0 saturated heterocycles. The molecule has 0 aliphatic rings. The summed E-state index contributed by atoms with van der Waals surface area (Å²) in [6.07, 6.45) is 2.54. The Kier molecular flexibility index (Phi) is 4.43. The van der Waals surface area contributed by atoms with Crippen LogP contribution in [0.4, 0.5) is 0 Å². The molecule has 5 heteroatoms. The molecule has 0 fully saturated rings. The lowest BCUT2D eigenvalue weighted by atomic mass is 10.3. The van der Waals surface area contributed by atoms with Crippen molar-refractivity contribution >= 4 is 22.9 Å². The van der Waals surface area contributed by atoms with E-state index in [-0.39, 0.29) is 0 Å². The van der Waals surface area contributed by atoms with E-state index in [4.69, 9.17) is 16.0 Å². The molecule has 0 saturated carbocycles. The fraction of sp³-hybridized carbons (Fsp3) is 0.462. The molecule has 18 heavy (non-hydrogen) atoms. The largest absolute Gasteiger partial charge is 0.440 e. The van der Waals surface area contributed by atoms with E-state index in [1.54, 1.807) is 17.5 Å². The van der Waals surface area contributed by atoms with Crippen molar-refractivity contribution in [1.82, 2.24) is 10.3 Å². The van der Waals surface area contributed by atoms with Crippen LogP contribution in [-0.4, -0.2) is 17.6 Å². The zero-order valence-corrected chi connectivity index (χ0v) is 12.4. The van der Waals surface area contributed by atoms with Gasteiger partial charge in [0, 0.05) is 19.0 Å². The van der Waals surface area contributed by atoms with Gasteiger partial charge in [0.1, 0.15) is 0 Å². The van der Waals surface area contributed by atoms with Gasteiger partial charge < -0.3 is 9.73 Å². The quantitative estimate of drug-likeness (QED) is 0.905. The Morgan fingerprint density at radius 1 is 1.50 bits per heavy atom. The lowest BCUT2D eigenvalue weighted by Crippen LogP contribution is -2.24. The molecule has 3 nitrogen and oxygen atoms in total. The maximum Gasteiger partial charge on any atom is 0.196 e. The molecule has 0 radical (unpaired) electrons. The predicted molar refractivity (Wildman–Crippen MR) is 76.4 cm³/mol. The molecule has 1 N–H and O–H groups in total. The minimum absolute atomic E-state index is 0.480. The van der Waals surface area contributed by atoms with E-state index in [1.807, 2.05) is 12.3 Å². The first kappa shape index (κ1) is 13.6. The smallest absolute Gasteiger partial charge is 0.196 e. The van der Waals surface area contributed by atoms with E-state index in [0.29, 0.717) is 6.04 Å². The molecule has 0 amide bonds. The Morgan fingerprint density at radius 2 is 2.28 bits per heavy atom. The van der Waals surface area contributed by atoms with Crippen molar-refractivity contribution in [3.05, 3.63) is 28.1 Å². The van der Waals surface area contributed by atoms with Gasteiger partial charge in [-0.05, 0) is 17.9 Å². The molecule has 0 bridgehead atoms. The first-order chi connectivity index (χ1) is 8.58. The summed E-state index contributed by atoms with van der Waals surface area (Å²) in [7, 11) is 0. The Labute approximate surface area is 116 Å². The van der Waals surface area contributed by atoms with Gasteiger partial charge in [0.15, 0.2) is 11.7 Å². The normalized spacial score (nSPS) is 11.4. The maximum atomic E-state index is 6.21. The van der Waals surface area contributed by atoms with Gasteiger partial charge in [0.2, 0.25) is 0 Å². The fourth-order valence-corrected chi connectivity index (χ4v) is 2.83. The lowest BCUT2D eigenvalue weighted by molar-refractivity contribution is 0.485. The summed E-state index contributed by atoms with van der Waals surface area (Å²) in [4.78, 5) is 5.24. The van der Waals surface area contributed by atoms with Gasteiger partial charge in [-0.15, -0.1) is 11.3 Å². The van der Waals surface area contributed by atoms with Gasteiger partial charge in [0.25, 0.3) is 0 Å². The van der Waals surface area contributed by atoms with Crippen LogP contribution in [0.15, 0.2) is 16.0 Å². The van der Waals surface area contributed by atoms with Crippen LogP contribution in [0.1, 0.15) is 25.3 Å². The topological polar surface area (TPSA) is 38.1 Å². The van der Waals surface area contributed by atoms with E-state index in [2.05, 4.69) is 24.1 Å². The van der Waals surface area contributed by atoms with E-state index >= 15 is 0 Å². The molecule has 0 aliphatic heterocycles. The summed E-state index contributed by atoms with van der Waals surface area (Å²) in [5.41, 5.74) is 1.08.